The summed E-state index contributed by atoms with van der Waals surface area (Å²) in [6.45, 7) is 0. The zero-order valence-corrected chi connectivity index (χ0v) is 12.3. The number of hydrogen-bond acceptors (Lipinski definition) is 0. The second-order valence-corrected chi connectivity index (χ2v) is 9.27. The van der Waals surface area contributed by atoms with Crippen LogP contribution in [0.1, 0.15) is 0 Å². The van der Waals surface area contributed by atoms with Crippen molar-refractivity contribution in [1.82, 2.24) is 0 Å². The van der Waals surface area contributed by atoms with Crippen LogP contribution < -0.4 is 6.25 Å². The van der Waals surface area contributed by atoms with E-state index in [1.165, 1.54) is 0 Å². The van der Waals surface area contributed by atoms with Crippen molar-refractivity contribution in [2.45, 2.75) is 0 Å². The van der Waals surface area contributed by atoms with E-state index in [4.69, 9.17) is 0 Å². The average Bonchev–Trinajstić information content (AvgIpc) is 2.21. The first kappa shape index (κ1) is 11.4. The Balaban J connectivity index is 0.000000980. The van der Waals surface area contributed by atoms with Crippen LogP contribution in [-0.4, -0.2) is 29.7 Å². The predicted octanol–water partition coefficient (Wildman–Crippen LogP) is 0.517. The molecule has 2 aromatic rings. The van der Waals surface area contributed by atoms with E-state index in [1.807, 2.05) is 0 Å². The van der Waals surface area contributed by atoms with Crippen molar-refractivity contribution in [3.8, 4) is 0 Å². The van der Waals surface area contributed by atoms with Gasteiger partial charge in [-0.15, -0.1) is 0 Å². The van der Waals surface area contributed by atoms with Crippen LogP contribution in [0.5, 0.6) is 0 Å². The molecule has 0 saturated carbocycles. The molecular weight excluding hydrogens is 365 g/mol. The molecule has 0 aliphatic rings. The molecule has 0 radical (unpaired) electrons. The Morgan fingerprint density at radius 2 is 0.929 bits per heavy atom. The number of hydrogen-bond donors (Lipinski definition) is 0. The van der Waals surface area contributed by atoms with Crippen molar-refractivity contribution in [1.29, 1.82) is 0 Å². The Hall–Kier alpha value is -0.678. The molecule has 1 nitrogen and oxygen atoms in total. The Kier molecular flexibility index (Phi) is 4.83. The van der Waals surface area contributed by atoms with E-state index in [0.717, 1.165) is 0 Å². The molecular formula is C12H12OTl. The summed E-state index contributed by atoms with van der Waals surface area (Å²) in [5, 5.41) is 0. The van der Waals surface area contributed by atoms with Gasteiger partial charge in [-0.25, -0.2) is 0 Å². The minimum atomic E-state index is -0.866. The van der Waals surface area contributed by atoms with Gasteiger partial charge in [0.15, 0.2) is 0 Å². The Morgan fingerprint density at radius 3 is 1.29 bits per heavy atom. The third-order valence-corrected chi connectivity index (χ3v) is 7.52. The first-order valence-electron chi connectivity index (χ1n) is 4.40. The quantitative estimate of drug-likeness (QED) is 0.685. The van der Waals surface area contributed by atoms with Gasteiger partial charge in [-0.2, -0.15) is 0 Å². The Bertz CT molecular complexity index is 321. The maximum atomic E-state index is 2.25. The van der Waals surface area contributed by atoms with Crippen LogP contribution in [0.3, 0.4) is 0 Å². The molecule has 0 aliphatic heterocycles. The standard InChI is InChI=1S/2C6H5.H2O.Tl/c2*1-2-4-6-5-3-1;;/h2*1-5H;1H2;. The molecule has 0 heterocycles. The average molecular weight is 377 g/mol. The van der Waals surface area contributed by atoms with E-state index < -0.39 is 24.2 Å². The molecule has 0 fully saturated rings. The monoisotopic (exact) mass is 377 g/mol. The summed E-state index contributed by atoms with van der Waals surface area (Å²) < 4.78 is 3.16. The summed E-state index contributed by atoms with van der Waals surface area (Å²) in [6, 6.07) is 21.7. The minimum absolute atomic E-state index is 0. The Morgan fingerprint density at radius 1 is 0.571 bits per heavy atom. The number of rotatable bonds is 2. The van der Waals surface area contributed by atoms with Crippen molar-refractivity contribution < 1.29 is 5.48 Å². The van der Waals surface area contributed by atoms with Gasteiger partial charge in [0.1, 0.15) is 0 Å². The van der Waals surface area contributed by atoms with Gasteiger partial charge in [0.2, 0.25) is 0 Å². The molecule has 2 N–H and O–H groups in total. The van der Waals surface area contributed by atoms with E-state index in [1.54, 1.807) is 6.25 Å². The van der Waals surface area contributed by atoms with Gasteiger partial charge in [-0.1, -0.05) is 0 Å². The zero-order chi connectivity index (χ0) is 8.93. The second kappa shape index (κ2) is 5.93. The van der Waals surface area contributed by atoms with E-state index in [2.05, 4.69) is 60.7 Å². The van der Waals surface area contributed by atoms with Gasteiger partial charge in [-0.05, 0) is 0 Å². The van der Waals surface area contributed by atoms with Crippen molar-refractivity contribution in [2.75, 3.05) is 0 Å². The van der Waals surface area contributed by atoms with E-state index in [-0.39, 0.29) is 5.48 Å². The normalized spacial score (nSPS) is 8.57. The summed E-state index contributed by atoms with van der Waals surface area (Å²) >= 11 is -0.866. The van der Waals surface area contributed by atoms with Crippen LogP contribution in [0.25, 0.3) is 0 Å². The molecule has 2 aromatic carbocycles. The molecule has 14 heavy (non-hydrogen) atoms. The van der Waals surface area contributed by atoms with Crippen LogP contribution >= 0.6 is 0 Å². The Labute approximate surface area is 96.3 Å². The van der Waals surface area contributed by atoms with Crippen LogP contribution in [0.15, 0.2) is 60.7 Å². The van der Waals surface area contributed by atoms with Crippen LogP contribution in [-0.2, 0) is 0 Å². The van der Waals surface area contributed by atoms with Crippen LogP contribution in [0.2, 0.25) is 0 Å². The van der Waals surface area contributed by atoms with E-state index in [9.17, 15) is 0 Å². The maximum absolute atomic E-state index is 2.25. The first-order chi connectivity index (χ1) is 6.45. The van der Waals surface area contributed by atoms with Gasteiger partial charge in [0.05, 0.1) is 0 Å². The molecule has 0 aliphatic carbocycles. The van der Waals surface area contributed by atoms with Gasteiger partial charge in [0, 0.05) is 0 Å². The molecule has 0 amide bonds. The number of benzene rings is 2. The molecule has 69 valence electrons. The summed E-state index contributed by atoms with van der Waals surface area (Å²) in [7, 11) is 0. The second-order valence-electron chi connectivity index (χ2n) is 2.97. The third-order valence-electron chi connectivity index (χ3n) is 1.93. The van der Waals surface area contributed by atoms with Gasteiger partial charge < -0.3 is 5.48 Å². The molecule has 0 unspecified atom stereocenters. The molecule has 0 spiro atoms. The topological polar surface area (TPSA) is 31.5 Å². The van der Waals surface area contributed by atoms with Crippen molar-refractivity contribution >= 4 is 30.5 Å². The molecule has 0 saturated heterocycles. The van der Waals surface area contributed by atoms with Crippen LogP contribution in [0.4, 0.5) is 0 Å². The van der Waals surface area contributed by atoms with Gasteiger partial charge in [-0.3, -0.25) is 0 Å². The summed E-state index contributed by atoms with van der Waals surface area (Å²) in [6.07, 6.45) is 0. The fraction of sp³-hybridized carbons (Fsp3) is 0. The first-order valence-corrected chi connectivity index (χ1v) is 8.89. The molecule has 2 rings (SSSR count). The predicted molar refractivity (Wildman–Crippen MR) is 61.5 cm³/mol. The molecule has 0 bridgehead atoms. The van der Waals surface area contributed by atoms with E-state index in [0.29, 0.717) is 0 Å². The molecule has 0 aromatic heterocycles. The van der Waals surface area contributed by atoms with E-state index >= 15 is 0 Å². The van der Waals surface area contributed by atoms with Gasteiger partial charge in [0.25, 0.3) is 0 Å². The fourth-order valence-corrected chi connectivity index (χ4v) is 6.01. The summed E-state index contributed by atoms with van der Waals surface area (Å²) in [4.78, 5) is 0. The molecule has 0 atom stereocenters. The fourth-order valence-electron chi connectivity index (χ4n) is 1.29. The van der Waals surface area contributed by atoms with Gasteiger partial charge >= 0.3 is 91.1 Å². The summed E-state index contributed by atoms with van der Waals surface area (Å²) in [5.74, 6) is 0. The van der Waals surface area contributed by atoms with Crippen LogP contribution in [0, 0.1) is 0 Å². The summed E-state index contributed by atoms with van der Waals surface area (Å²) in [5.41, 5.74) is 0. The van der Waals surface area contributed by atoms with Crippen molar-refractivity contribution in [2.24, 2.45) is 0 Å². The molecule has 2 heteroatoms. The van der Waals surface area contributed by atoms with Crippen molar-refractivity contribution in [3.63, 3.8) is 0 Å². The van der Waals surface area contributed by atoms with Crippen molar-refractivity contribution in [3.05, 3.63) is 60.7 Å². The SMILES string of the molecule is O.c1cc[c]([Tl][c]2ccccc2)cc1. The third kappa shape index (κ3) is 3.23. The zero-order valence-electron chi connectivity index (χ0n) is 7.85.